The lowest BCUT2D eigenvalue weighted by Gasteiger charge is -2.34. The van der Waals surface area contributed by atoms with Crippen molar-refractivity contribution in [3.8, 4) is 0 Å². The Hall–Kier alpha value is -2.22. The van der Waals surface area contributed by atoms with Gasteiger partial charge >= 0.3 is 5.97 Å². The Morgan fingerprint density at radius 2 is 1.74 bits per heavy atom. The Kier molecular flexibility index (Phi) is 8.23. The standard InChI is InChI=1S/C24H32N2O4S/c1-19-8-11-22(12-9-19)31(28,29)25-23(21-6-4-3-5-7-21)18-26-16-14-20(15-17-26)10-13-24(27)30-2/h3-9,11-12,20,23,25H,10,13-18H2,1-2H3. The maximum absolute atomic E-state index is 13.0. The van der Waals surface area contributed by atoms with E-state index in [9.17, 15) is 13.2 Å². The minimum atomic E-state index is -3.64. The minimum absolute atomic E-state index is 0.155. The van der Waals surface area contributed by atoms with Crippen molar-refractivity contribution in [1.29, 1.82) is 0 Å². The third-order valence-electron chi connectivity index (χ3n) is 5.96. The zero-order chi connectivity index (χ0) is 22.3. The number of benzene rings is 2. The molecular formula is C24H32N2O4S. The number of rotatable bonds is 9. The van der Waals surface area contributed by atoms with Gasteiger partial charge < -0.3 is 9.64 Å². The van der Waals surface area contributed by atoms with Crippen LogP contribution in [-0.2, 0) is 19.6 Å². The van der Waals surface area contributed by atoms with Crippen molar-refractivity contribution in [1.82, 2.24) is 9.62 Å². The first-order chi connectivity index (χ1) is 14.9. The molecule has 3 rings (SSSR count). The molecule has 2 aromatic carbocycles. The maximum Gasteiger partial charge on any atom is 0.305 e. The van der Waals surface area contributed by atoms with Crippen LogP contribution in [0, 0.1) is 12.8 Å². The number of hydrogen-bond donors (Lipinski definition) is 1. The zero-order valence-electron chi connectivity index (χ0n) is 18.3. The van der Waals surface area contributed by atoms with Crippen LogP contribution in [0.5, 0.6) is 0 Å². The second-order valence-corrected chi connectivity index (χ2v) is 9.97. The fourth-order valence-electron chi connectivity index (χ4n) is 4.01. The number of esters is 1. The molecule has 7 heteroatoms. The van der Waals surface area contributed by atoms with Crippen LogP contribution in [0.3, 0.4) is 0 Å². The molecule has 0 spiro atoms. The van der Waals surface area contributed by atoms with Gasteiger partial charge in [-0.15, -0.1) is 0 Å². The molecule has 1 aliphatic rings. The third-order valence-corrected chi connectivity index (χ3v) is 7.45. The van der Waals surface area contributed by atoms with Crippen LogP contribution in [0.25, 0.3) is 0 Å². The van der Waals surface area contributed by atoms with Gasteiger partial charge in [0.05, 0.1) is 18.0 Å². The van der Waals surface area contributed by atoms with Crippen molar-refractivity contribution < 1.29 is 17.9 Å². The number of piperidine rings is 1. The molecule has 1 heterocycles. The number of carbonyl (C=O) groups excluding carboxylic acids is 1. The van der Waals surface area contributed by atoms with Gasteiger partial charge in [0.1, 0.15) is 0 Å². The first-order valence-electron chi connectivity index (χ1n) is 10.8. The molecule has 0 saturated carbocycles. The fourth-order valence-corrected chi connectivity index (χ4v) is 5.22. The van der Waals surface area contributed by atoms with Crippen molar-refractivity contribution in [3.63, 3.8) is 0 Å². The molecule has 1 atom stereocenters. The predicted molar refractivity (Wildman–Crippen MR) is 121 cm³/mol. The molecule has 1 saturated heterocycles. The average Bonchev–Trinajstić information content (AvgIpc) is 2.78. The molecule has 168 valence electrons. The Bertz CT molecular complexity index is 937. The van der Waals surface area contributed by atoms with Crippen molar-refractivity contribution in [2.45, 2.75) is 43.5 Å². The van der Waals surface area contributed by atoms with E-state index in [1.807, 2.05) is 49.4 Å². The van der Waals surface area contributed by atoms with Crippen LogP contribution in [-0.4, -0.2) is 46.0 Å². The van der Waals surface area contributed by atoms with Crippen molar-refractivity contribution in [2.75, 3.05) is 26.7 Å². The molecule has 1 unspecified atom stereocenters. The van der Waals surface area contributed by atoms with Gasteiger partial charge in [-0.25, -0.2) is 13.1 Å². The van der Waals surface area contributed by atoms with Gasteiger partial charge in [-0.05, 0) is 62.9 Å². The number of aryl methyl sites for hydroxylation is 1. The van der Waals surface area contributed by atoms with Gasteiger partial charge in [0.2, 0.25) is 10.0 Å². The molecule has 0 amide bonds. The molecule has 0 aliphatic carbocycles. The largest absolute Gasteiger partial charge is 0.469 e. The lowest BCUT2D eigenvalue weighted by atomic mass is 9.92. The number of methoxy groups -OCH3 is 1. The maximum atomic E-state index is 13.0. The van der Waals surface area contributed by atoms with Crippen molar-refractivity contribution in [2.24, 2.45) is 5.92 Å². The minimum Gasteiger partial charge on any atom is -0.469 e. The third kappa shape index (κ3) is 6.89. The van der Waals surface area contributed by atoms with E-state index in [4.69, 9.17) is 4.74 Å². The Balaban J connectivity index is 1.66. The van der Waals surface area contributed by atoms with Gasteiger partial charge in [-0.1, -0.05) is 48.0 Å². The quantitative estimate of drug-likeness (QED) is 0.597. The molecule has 1 fully saturated rings. The first kappa shape index (κ1) is 23.4. The second-order valence-electron chi connectivity index (χ2n) is 8.26. The summed E-state index contributed by atoms with van der Waals surface area (Å²) in [6.45, 7) is 4.33. The lowest BCUT2D eigenvalue weighted by Crippen LogP contribution is -2.41. The highest BCUT2D eigenvalue weighted by molar-refractivity contribution is 7.89. The smallest absolute Gasteiger partial charge is 0.305 e. The summed E-state index contributed by atoms with van der Waals surface area (Å²) in [5.74, 6) is 0.354. The van der Waals surface area contributed by atoms with Gasteiger partial charge in [0.25, 0.3) is 0 Å². The Labute approximate surface area is 185 Å². The van der Waals surface area contributed by atoms with Crippen molar-refractivity contribution in [3.05, 3.63) is 65.7 Å². The van der Waals surface area contributed by atoms with Crippen LogP contribution in [0.1, 0.15) is 42.9 Å². The number of ether oxygens (including phenoxy) is 1. The second kappa shape index (κ2) is 10.9. The fraction of sp³-hybridized carbons (Fsp3) is 0.458. The van der Waals surface area contributed by atoms with E-state index in [1.54, 1.807) is 12.1 Å². The van der Waals surface area contributed by atoms with E-state index in [0.717, 1.165) is 43.5 Å². The van der Waals surface area contributed by atoms with E-state index < -0.39 is 10.0 Å². The first-order valence-corrected chi connectivity index (χ1v) is 12.3. The number of hydrogen-bond acceptors (Lipinski definition) is 5. The normalized spacial score (nSPS) is 16.7. The van der Waals surface area contributed by atoms with Crippen LogP contribution < -0.4 is 4.72 Å². The van der Waals surface area contributed by atoms with Crippen molar-refractivity contribution >= 4 is 16.0 Å². The number of nitrogens with zero attached hydrogens (tertiary/aromatic N) is 1. The molecule has 6 nitrogen and oxygen atoms in total. The summed E-state index contributed by atoms with van der Waals surface area (Å²) in [6.07, 6.45) is 3.32. The number of likely N-dealkylation sites (tertiary alicyclic amines) is 1. The van der Waals surface area contributed by atoms with E-state index in [0.29, 0.717) is 18.9 Å². The SMILES string of the molecule is COC(=O)CCC1CCN(CC(NS(=O)(=O)c2ccc(C)cc2)c2ccccc2)CC1. The highest BCUT2D eigenvalue weighted by Crippen LogP contribution is 2.25. The monoisotopic (exact) mass is 444 g/mol. The molecular weight excluding hydrogens is 412 g/mol. The predicted octanol–water partition coefficient (Wildman–Crippen LogP) is 3.68. The Morgan fingerprint density at radius 3 is 2.35 bits per heavy atom. The molecule has 0 radical (unpaired) electrons. The molecule has 0 aromatic heterocycles. The van der Waals surface area contributed by atoms with Gasteiger partial charge in [-0.3, -0.25) is 4.79 Å². The average molecular weight is 445 g/mol. The summed E-state index contributed by atoms with van der Waals surface area (Å²) >= 11 is 0. The highest BCUT2D eigenvalue weighted by atomic mass is 32.2. The van der Waals surface area contributed by atoms with Gasteiger partial charge in [0.15, 0.2) is 0 Å². The number of sulfonamides is 1. The van der Waals surface area contributed by atoms with Gasteiger partial charge in [0, 0.05) is 13.0 Å². The summed E-state index contributed by atoms with van der Waals surface area (Å²) in [6, 6.07) is 16.3. The molecule has 1 N–H and O–H groups in total. The summed E-state index contributed by atoms with van der Waals surface area (Å²) in [7, 11) is -2.21. The lowest BCUT2D eigenvalue weighted by molar-refractivity contribution is -0.141. The molecule has 1 aliphatic heterocycles. The van der Waals surface area contributed by atoms with E-state index >= 15 is 0 Å². The van der Waals surface area contributed by atoms with Crippen LogP contribution in [0.4, 0.5) is 0 Å². The summed E-state index contributed by atoms with van der Waals surface area (Å²) in [5, 5.41) is 0. The van der Waals surface area contributed by atoms with Crippen LogP contribution >= 0.6 is 0 Å². The van der Waals surface area contributed by atoms with Gasteiger partial charge in [-0.2, -0.15) is 0 Å². The van der Waals surface area contributed by atoms with E-state index in [1.165, 1.54) is 7.11 Å². The summed E-state index contributed by atoms with van der Waals surface area (Å²) < 4.78 is 33.7. The van der Waals surface area contributed by atoms with E-state index in [2.05, 4.69) is 9.62 Å². The van der Waals surface area contributed by atoms with E-state index in [-0.39, 0.29) is 16.9 Å². The Morgan fingerprint density at radius 1 is 1.10 bits per heavy atom. The van der Waals surface area contributed by atoms with Crippen LogP contribution in [0.15, 0.2) is 59.5 Å². The van der Waals surface area contributed by atoms with Crippen LogP contribution in [0.2, 0.25) is 0 Å². The molecule has 0 bridgehead atoms. The molecule has 2 aromatic rings. The highest BCUT2D eigenvalue weighted by Gasteiger charge is 2.26. The summed E-state index contributed by atoms with van der Waals surface area (Å²) in [5.41, 5.74) is 1.97. The number of carbonyl (C=O) groups is 1. The topological polar surface area (TPSA) is 75.7 Å². The molecule has 31 heavy (non-hydrogen) atoms. The zero-order valence-corrected chi connectivity index (χ0v) is 19.1. The number of nitrogens with one attached hydrogen (secondary N) is 1. The summed E-state index contributed by atoms with van der Waals surface area (Å²) in [4.78, 5) is 14.0.